The van der Waals surface area contributed by atoms with Crippen LogP contribution in [0.15, 0.2) is 22.7 Å². The van der Waals surface area contributed by atoms with Crippen molar-refractivity contribution >= 4 is 21.8 Å². The lowest BCUT2D eigenvalue weighted by Gasteiger charge is -2.31. The molecule has 0 aliphatic carbocycles. The first kappa shape index (κ1) is 13.6. The Bertz CT molecular complexity index is 441. The van der Waals surface area contributed by atoms with Gasteiger partial charge in [0.1, 0.15) is 0 Å². The van der Waals surface area contributed by atoms with E-state index in [-0.39, 0.29) is 5.91 Å². The number of hydrogen-bond acceptors (Lipinski definition) is 2. The maximum atomic E-state index is 12.5. The highest BCUT2D eigenvalue weighted by atomic mass is 79.9. The van der Waals surface area contributed by atoms with Crippen LogP contribution in [-0.4, -0.2) is 37.1 Å². The van der Waals surface area contributed by atoms with Gasteiger partial charge in [0, 0.05) is 30.8 Å². The monoisotopic (exact) mass is 311 g/mol. The first-order valence-electron chi connectivity index (χ1n) is 6.21. The molecule has 0 unspecified atom stereocenters. The smallest absolute Gasteiger partial charge is 0.255 e. The highest BCUT2D eigenvalue weighted by molar-refractivity contribution is 9.10. The first-order valence-corrected chi connectivity index (χ1v) is 7.00. The SMILES string of the molecule is Cc1cccc(C(=O)N(C)C2CCOCC2)c1Br. The summed E-state index contributed by atoms with van der Waals surface area (Å²) in [6, 6.07) is 6.08. The lowest BCUT2D eigenvalue weighted by Crippen LogP contribution is -2.40. The molecule has 0 bridgehead atoms. The van der Waals surface area contributed by atoms with Gasteiger partial charge in [0.2, 0.25) is 0 Å². The van der Waals surface area contributed by atoms with Crippen LogP contribution in [-0.2, 0) is 4.74 Å². The minimum absolute atomic E-state index is 0.0810. The number of amides is 1. The molecular weight excluding hydrogens is 294 g/mol. The Kier molecular flexibility index (Phi) is 4.40. The van der Waals surface area contributed by atoms with Gasteiger partial charge in [0.15, 0.2) is 0 Å². The summed E-state index contributed by atoms with van der Waals surface area (Å²) in [6.07, 6.45) is 1.84. The molecular formula is C14H18BrNO2. The van der Waals surface area contributed by atoms with Gasteiger partial charge in [0.05, 0.1) is 5.56 Å². The summed E-state index contributed by atoms with van der Waals surface area (Å²) in [4.78, 5) is 14.3. The lowest BCUT2D eigenvalue weighted by molar-refractivity contribution is 0.0361. The molecule has 2 rings (SSSR count). The van der Waals surface area contributed by atoms with Gasteiger partial charge >= 0.3 is 0 Å². The Labute approximate surface area is 116 Å². The highest BCUT2D eigenvalue weighted by Gasteiger charge is 2.24. The summed E-state index contributed by atoms with van der Waals surface area (Å²) in [5.74, 6) is 0.0810. The second-order valence-electron chi connectivity index (χ2n) is 4.70. The Balaban J connectivity index is 2.17. The number of ether oxygens (including phenoxy) is 1. The van der Waals surface area contributed by atoms with Crippen molar-refractivity contribution < 1.29 is 9.53 Å². The van der Waals surface area contributed by atoms with Crippen molar-refractivity contribution in [3.05, 3.63) is 33.8 Å². The molecule has 1 fully saturated rings. The van der Waals surface area contributed by atoms with Gasteiger partial charge < -0.3 is 9.64 Å². The molecule has 1 amide bonds. The van der Waals surface area contributed by atoms with E-state index in [0.717, 1.165) is 41.7 Å². The Hall–Kier alpha value is -0.870. The van der Waals surface area contributed by atoms with Gasteiger partial charge in [0.25, 0.3) is 5.91 Å². The fourth-order valence-corrected chi connectivity index (χ4v) is 2.67. The van der Waals surface area contributed by atoms with Crippen LogP contribution in [0, 0.1) is 6.92 Å². The predicted molar refractivity (Wildman–Crippen MR) is 74.8 cm³/mol. The number of nitrogens with zero attached hydrogens (tertiary/aromatic N) is 1. The van der Waals surface area contributed by atoms with Gasteiger partial charge in [-0.05, 0) is 47.3 Å². The number of hydrogen-bond donors (Lipinski definition) is 0. The van der Waals surface area contributed by atoms with Gasteiger partial charge in [-0.1, -0.05) is 12.1 Å². The molecule has 1 saturated heterocycles. The molecule has 1 aromatic carbocycles. The van der Waals surface area contributed by atoms with Crippen molar-refractivity contribution in [1.29, 1.82) is 0 Å². The number of halogens is 1. The van der Waals surface area contributed by atoms with Gasteiger partial charge in [-0.25, -0.2) is 0 Å². The van der Waals surface area contributed by atoms with E-state index in [9.17, 15) is 4.79 Å². The zero-order chi connectivity index (χ0) is 13.1. The minimum atomic E-state index is 0.0810. The summed E-state index contributed by atoms with van der Waals surface area (Å²) < 4.78 is 6.23. The fraction of sp³-hybridized carbons (Fsp3) is 0.500. The highest BCUT2D eigenvalue weighted by Crippen LogP contribution is 2.24. The quantitative estimate of drug-likeness (QED) is 0.840. The number of carbonyl (C=O) groups excluding carboxylic acids is 1. The molecule has 0 radical (unpaired) electrons. The molecule has 4 heteroatoms. The summed E-state index contributed by atoms with van der Waals surface area (Å²) in [6.45, 7) is 3.49. The molecule has 0 N–H and O–H groups in total. The van der Waals surface area contributed by atoms with Gasteiger partial charge in [-0.15, -0.1) is 0 Å². The number of carbonyl (C=O) groups is 1. The van der Waals surface area contributed by atoms with E-state index in [1.165, 1.54) is 0 Å². The molecule has 98 valence electrons. The molecule has 0 aromatic heterocycles. The van der Waals surface area contributed by atoms with Crippen LogP contribution in [0.5, 0.6) is 0 Å². The second-order valence-corrected chi connectivity index (χ2v) is 5.49. The van der Waals surface area contributed by atoms with Crippen LogP contribution in [0.1, 0.15) is 28.8 Å². The molecule has 0 spiro atoms. The minimum Gasteiger partial charge on any atom is -0.381 e. The molecule has 0 atom stereocenters. The van der Waals surface area contributed by atoms with Crippen molar-refractivity contribution in [3.63, 3.8) is 0 Å². The van der Waals surface area contributed by atoms with Gasteiger partial charge in [-0.2, -0.15) is 0 Å². The third-order valence-corrected chi connectivity index (χ3v) is 4.53. The van der Waals surface area contributed by atoms with E-state index < -0.39 is 0 Å². The van der Waals surface area contributed by atoms with E-state index in [4.69, 9.17) is 4.74 Å². The normalized spacial score (nSPS) is 16.6. The molecule has 1 aliphatic rings. The lowest BCUT2D eigenvalue weighted by atomic mass is 10.1. The number of benzene rings is 1. The summed E-state index contributed by atoms with van der Waals surface area (Å²) in [5.41, 5.74) is 1.82. The average molecular weight is 312 g/mol. The maximum Gasteiger partial charge on any atom is 0.255 e. The first-order chi connectivity index (χ1) is 8.61. The Morgan fingerprint density at radius 3 is 2.72 bits per heavy atom. The van der Waals surface area contributed by atoms with Crippen LogP contribution in [0.3, 0.4) is 0 Å². The zero-order valence-corrected chi connectivity index (χ0v) is 12.4. The van der Waals surface area contributed by atoms with Crippen molar-refractivity contribution in [1.82, 2.24) is 4.90 Å². The molecule has 1 heterocycles. The third-order valence-electron chi connectivity index (χ3n) is 3.48. The van der Waals surface area contributed by atoms with Crippen molar-refractivity contribution in [3.8, 4) is 0 Å². The predicted octanol–water partition coefficient (Wildman–Crippen LogP) is 3.01. The van der Waals surface area contributed by atoms with Crippen LogP contribution < -0.4 is 0 Å². The Morgan fingerprint density at radius 2 is 2.06 bits per heavy atom. The van der Waals surface area contributed by atoms with E-state index in [2.05, 4.69) is 15.9 Å². The third kappa shape index (κ3) is 2.75. The summed E-state index contributed by atoms with van der Waals surface area (Å²) >= 11 is 3.50. The van der Waals surface area contributed by atoms with E-state index in [0.29, 0.717) is 6.04 Å². The maximum absolute atomic E-state index is 12.5. The molecule has 1 aliphatic heterocycles. The van der Waals surface area contributed by atoms with Crippen LogP contribution >= 0.6 is 15.9 Å². The molecule has 18 heavy (non-hydrogen) atoms. The number of aryl methyl sites for hydroxylation is 1. The molecule has 1 aromatic rings. The van der Waals surface area contributed by atoms with E-state index >= 15 is 0 Å². The van der Waals surface area contributed by atoms with Crippen molar-refractivity contribution in [2.24, 2.45) is 0 Å². The fourth-order valence-electron chi connectivity index (χ4n) is 2.24. The van der Waals surface area contributed by atoms with E-state index in [1.807, 2.05) is 37.1 Å². The van der Waals surface area contributed by atoms with E-state index in [1.54, 1.807) is 0 Å². The summed E-state index contributed by atoms with van der Waals surface area (Å²) in [7, 11) is 1.88. The number of rotatable bonds is 2. The van der Waals surface area contributed by atoms with Gasteiger partial charge in [-0.3, -0.25) is 4.79 Å². The molecule has 3 nitrogen and oxygen atoms in total. The standard InChI is InChI=1S/C14H18BrNO2/c1-10-4-3-5-12(13(10)15)14(17)16(2)11-6-8-18-9-7-11/h3-5,11H,6-9H2,1-2H3. The largest absolute Gasteiger partial charge is 0.381 e. The van der Waals surface area contributed by atoms with Crippen molar-refractivity contribution in [2.45, 2.75) is 25.8 Å². The van der Waals surface area contributed by atoms with Crippen LogP contribution in [0.4, 0.5) is 0 Å². The van der Waals surface area contributed by atoms with Crippen LogP contribution in [0.2, 0.25) is 0 Å². The average Bonchev–Trinajstić information content (AvgIpc) is 2.41. The molecule has 0 saturated carbocycles. The summed E-state index contributed by atoms with van der Waals surface area (Å²) in [5, 5.41) is 0. The topological polar surface area (TPSA) is 29.5 Å². The Morgan fingerprint density at radius 1 is 1.39 bits per heavy atom. The second kappa shape index (κ2) is 5.85. The zero-order valence-electron chi connectivity index (χ0n) is 10.8. The van der Waals surface area contributed by atoms with Crippen molar-refractivity contribution in [2.75, 3.05) is 20.3 Å². The van der Waals surface area contributed by atoms with Crippen LogP contribution in [0.25, 0.3) is 0 Å².